The van der Waals surface area contributed by atoms with Crippen molar-refractivity contribution < 1.29 is 9.53 Å². The topological polar surface area (TPSA) is 63.6 Å². The molecule has 5 nitrogen and oxygen atoms in total. The van der Waals surface area contributed by atoms with Crippen LogP contribution in [-0.4, -0.2) is 22.4 Å². The molecule has 0 bridgehead atoms. The van der Waals surface area contributed by atoms with Crippen LogP contribution in [0.25, 0.3) is 0 Å². The molecule has 0 unspecified atom stereocenters. The van der Waals surface area contributed by atoms with E-state index < -0.39 is 11.7 Å². The van der Waals surface area contributed by atoms with Crippen molar-refractivity contribution in [1.29, 1.82) is 0 Å². The summed E-state index contributed by atoms with van der Waals surface area (Å²) < 4.78 is 5.41. The number of aliphatic imine (C=N–C) groups is 1. The number of aromatic nitrogens is 1. The fraction of sp³-hybridized carbons (Fsp3) is 0.269. The standard InChI is InChI=1S/C26H27N3O2/c1-26(2,3)31-25(30)28-22-17-27-24(21-16-10-15-20(21)22)29-23(18-11-6-4-7-12-18)19-13-8-5-9-14-19/h4-9,11-14,17H,10,15-16H2,1-3H3,(H,28,30). The zero-order chi connectivity index (χ0) is 21.8. The number of anilines is 1. The summed E-state index contributed by atoms with van der Waals surface area (Å²) in [5, 5.41) is 2.87. The molecule has 1 N–H and O–H groups in total. The highest BCUT2D eigenvalue weighted by Crippen LogP contribution is 2.35. The van der Waals surface area contributed by atoms with Gasteiger partial charge in [-0.25, -0.2) is 14.8 Å². The van der Waals surface area contributed by atoms with Gasteiger partial charge in [-0.2, -0.15) is 0 Å². The van der Waals surface area contributed by atoms with E-state index in [0.717, 1.165) is 47.2 Å². The van der Waals surface area contributed by atoms with Crippen LogP contribution in [-0.2, 0) is 17.6 Å². The van der Waals surface area contributed by atoms with Gasteiger partial charge in [-0.15, -0.1) is 0 Å². The summed E-state index contributed by atoms with van der Waals surface area (Å²) in [5.41, 5.74) is 5.32. The zero-order valence-corrected chi connectivity index (χ0v) is 18.2. The molecule has 1 aromatic heterocycles. The first-order valence-corrected chi connectivity index (χ1v) is 10.6. The zero-order valence-electron chi connectivity index (χ0n) is 18.2. The van der Waals surface area contributed by atoms with E-state index in [4.69, 9.17) is 9.73 Å². The summed E-state index contributed by atoms with van der Waals surface area (Å²) in [6.45, 7) is 5.55. The van der Waals surface area contributed by atoms with Gasteiger partial charge < -0.3 is 4.74 Å². The third-order valence-electron chi connectivity index (χ3n) is 5.08. The number of nitrogens with zero attached hydrogens (tertiary/aromatic N) is 2. The molecule has 0 saturated heterocycles. The largest absolute Gasteiger partial charge is 0.444 e. The molecule has 2 aromatic carbocycles. The van der Waals surface area contributed by atoms with Crippen molar-refractivity contribution in [2.75, 3.05) is 5.32 Å². The van der Waals surface area contributed by atoms with Gasteiger partial charge >= 0.3 is 6.09 Å². The molecule has 0 atom stereocenters. The molecule has 4 rings (SSSR count). The maximum absolute atomic E-state index is 12.3. The van der Waals surface area contributed by atoms with Gasteiger partial charge in [0.1, 0.15) is 5.60 Å². The van der Waals surface area contributed by atoms with E-state index >= 15 is 0 Å². The van der Waals surface area contributed by atoms with Crippen LogP contribution in [0, 0.1) is 0 Å². The number of carbonyl (C=O) groups excluding carboxylic acids is 1. The van der Waals surface area contributed by atoms with Crippen molar-refractivity contribution in [3.8, 4) is 0 Å². The van der Waals surface area contributed by atoms with Gasteiger partial charge in [0, 0.05) is 16.7 Å². The van der Waals surface area contributed by atoms with E-state index in [9.17, 15) is 4.79 Å². The quantitative estimate of drug-likeness (QED) is 0.527. The second kappa shape index (κ2) is 8.72. The second-order valence-electron chi connectivity index (χ2n) is 8.63. The van der Waals surface area contributed by atoms with Gasteiger partial charge in [-0.1, -0.05) is 60.7 Å². The van der Waals surface area contributed by atoms with E-state index in [-0.39, 0.29) is 0 Å². The van der Waals surface area contributed by atoms with Crippen LogP contribution in [0.2, 0.25) is 0 Å². The highest BCUT2D eigenvalue weighted by molar-refractivity contribution is 6.13. The number of hydrogen-bond donors (Lipinski definition) is 1. The first kappa shape index (κ1) is 20.8. The number of benzene rings is 2. The van der Waals surface area contributed by atoms with Crippen LogP contribution >= 0.6 is 0 Å². The number of nitrogens with one attached hydrogen (secondary N) is 1. The Morgan fingerprint density at radius 1 is 0.935 bits per heavy atom. The average molecular weight is 414 g/mol. The predicted octanol–water partition coefficient (Wildman–Crippen LogP) is 6.09. The number of carbonyl (C=O) groups is 1. The summed E-state index contributed by atoms with van der Waals surface area (Å²) in [7, 11) is 0. The van der Waals surface area contributed by atoms with Crippen molar-refractivity contribution in [1.82, 2.24) is 4.98 Å². The van der Waals surface area contributed by atoms with Gasteiger partial charge in [0.15, 0.2) is 5.82 Å². The van der Waals surface area contributed by atoms with Gasteiger partial charge in [0.2, 0.25) is 0 Å². The molecule has 1 amide bonds. The molecular formula is C26H27N3O2. The summed E-state index contributed by atoms with van der Waals surface area (Å²) in [6.07, 6.45) is 4.02. The van der Waals surface area contributed by atoms with Crippen molar-refractivity contribution in [3.05, 3.63) is 89.1 Å². The lowest BCUT2D eigenvalue weighted by Gasteiger charge is -2.20. The van der Waals surface area contributed by atoms with Crippen molar-refractivity contribution in [3.63, 3.8) is 0 Å². The van der Waals surface area contributed by atoms with E-state index in [2.05, 4.69) is 34.6 Å². The van der Waals surface area contributed by atoms with Gasteiger partial charge in [0.25, 0.3) is 0 Å². The SMILES string of the molecule is CC(C)(C)OC(=O)Nc1cnc(N=C(c2ccccc2)c2ccccc2)c2c1CCC2. The number of pyridine rings is 1. The molecule has 1 heterocycles. The Hall–Kier alpha value is -3.47. The Morgan fingerprint density at radius 2 is 1.52 bits per heavy atom. The fourth-order valence-electron chi connectivity index (χ4n) is 3.78. The molecule has 3 aromatic rings. The van der Waals surface area contributed by atoms with Crippen LogP contribution in [0.3, 0.4) is 0 Å². The molecule has 0 radical (unpaired) electrons. The molecule has 5 heteroatoms. The van der Waals surface area contributed by atoms with E-state index in [1.807, 2.05) is 57.2 Å². The summed E-state index contributed by atoms with van der Waals surface area (Å²) in [6, 6.07) is 20.3. The van der Waals surface area contributed by atoms with E-state index in [0.29, 0.717) is 11.5 Å². The molecule has 158 valence electrons. The van der Waals surface area contributed by atoms with Gasteiger partial charge in [0.05, 0.1) is 17.6 Å². The minimum atomic E-state index is -0.550. The third kappa shape index (κ3) is 5.00. The first-order valence-electron chi connectivity index (χ1n) is 10.6. The highest BCUT2D eigenvalue weighted by Gasteiger charge is 2.23. The monoisotopic (exact) mass is 413 g/mol. The summed E-state index contributed by atoms with van der Waals surface area (Å²) in [5.74, 6) is 0.713. The number of rotatable bonds is 4. The Labute approximate surface area is 183 Å². The lowest BCUT2D eigenvalue weighted by Crippen LogP contribution is -2.27. The number of amides is 1. The first-order chi connectivity index (χ1) is 14.9. The normalized spacial score (nSPS) is 12.7. The lowest BCUT2D eigenvalue weighted by atomic mass is 10.0. The van der Waals surface area contributed by atoms with Crippen LogP contribution < -0.4 is 5.32 Å². The van der Waals surface area contributed by atoms with Crippen molar-refractivity contribution in [2.45, 2.75) is 45.6 Å². The lowest BCUT2D eigenvalue weighted by molar-refractivity contribution is 0.0635. The minimum absolute atomic E-state index is 0.464. The van der Waals surface area contributed by atoms with Crippen LogP contribution in [0.4, 0.5) is 16.3 Å². The summed E-state index contributed by atoms with van der Waals surface area (Å²) in [4.78, 5) is 21.9. The third-order valence-corrected chi connectivity index (χ3v) is 5.08. The molecule has 0 fully saturated rings. The Kier molecular flexibility index (Phi) is 5.85. The van der Waals surface area contributed by atoms with E-state index in [1.165, 1.54) is 0 Å². The summed E-state index contributed by atoms with van der Waals surface area (Å²) >= 11 is 0. The van der Waals surface area contributed by atoms with Gasteiger partial charge in [-0.3, -0.25) is 5.32 Å². The van der Waals surface area contributed by atoms with Crippen molar-refractivity contribution in [2.24, 2.45) is 4.99 Å². The van der Waals surface area contributed by atoms with Gasteiger partial charge in [-0.05, 0) is 45.6 Å². The van der Waals surface area contributed by atoms with Crippen molar-refractivity contribution >= 4 is 23.3 Å². The van der Waals surface area contributed by atoms with E-state index in [1.54, 1.807) is 6.20 Å². The molecule has 0 spiro atoms. The molecule has 31 heavy (non-hydrogen) atoms. The number of ether oxygens (including phenoxy) is 1. The van der Waals surface area contributed by atoms with Crippen LogP contribution in [0.15, 0.2) is 71.9 Å². The van der Waals surface area contributed by atoms with Crippen LogP contribution in [0.5, 0.6) is 0 Å². The minimum Gasteiger partial charge on any atom is -0.444 e. The molecule has 1 aliphatic rings. The number of fused-ring (bicyclic) bond motifs is 1. The number of hydrogen-bond acceptors (Lipinski definition) is 4. The predicted molar refractivity (Wildman–Crippen MR) is 124 cm³/mol. The second-order valence-corrected chi connectivity index (χ2v) is 8.63. The maximum Gasteiger partial charge on any atom is 0.412 e. The fourth-order valence-corrected chi connectivity index (χ4v) is 3.78. The highest BCUT2D eigenvalue weighted by atomic mass is 16.6. The maximum atomic E-state index is 12.3. The molecular weight excluding hydrogens is 386 g/mol. The Balaban J connectivity index is 1.73. The Bertz CT molecular complexity index is 1060. The Morgan fingerprint density at radius 3 is 2.10 bits per heavy atom. The molecule has 0 aliphatic heterocycles. The van der Waals surface area contributed by atoms with Crippen LogP contribution in [0.1, 0.15) is 49.4 Å². The smallest absolute Gasteiger partial charge is 0.412 e. The molecule has 1 aliphatic carbocycles. The molecule has 0 saturated carbocycles. The average Bonchev–Trinajstić information content (AvgIpc) is 3.24.